The van der Waals surface area contributed by atoms with Crippen molar-refractivity contribution in [3.63, 3.8) is 0 Å². The van der Waals surface area contributed by atoms with E-state index in [1.54, 1.807) is 0 Å². The molecule has 0 aliphatic carbocycles. The highest BCUT2D eigenvalue weighted by atomic mass is 16.5. The molecule has 0 saturated carbocycles. The highest BCUT2D eigenvalue weighted by molar-refractivity contribution is 5.95. The fraction of sp³-hybridized carbons (Fsp3) is 0.227. The molecule has 0 aromatic heterocycles. The number of hydrogen-bond acceptors (Lipinski definition) is 4. The molecule has 5 heteroatoms. The molecule has 0 spiro atoms. The van der Waals surface area contributed by atoms with Gasteiger partial charge in [0, 0.05) is 11.7 Å². The van der Waals surface area contributed by atoms with E-state index in [1.165, 1.54) is 16.3 Å². The van der Waals surface area contributed by atoms with Gasteiger partial charge in [-0.25, -0.2) is 10.9 Å². The van der Waals surface area contributed by atoms with Gasteiger partial charge in [0.15, 0.2) is 0 Å². The average molecular weight is 361 g/mol. The molecule has 1 aliphatic rings. The number of nitrogens with one attached hydrogen (secondary N) is 3. The first kappa shape index (κ1) is 17.5. The average Bonchev–Trinajstić information content (AvgIpc) is 3.19. The fourth-order valence-corrected chi connectivity index (χ4v) is 3.52. The van der Waals surface area contributed by atoms with E-state index in [1.807, 2.05) is 43.3 Å². The fourth-order valence-electron chi connectivity index (χ4n) is 3.52. The van der Waals surface area contributed by atoms with Crippen LogP contribution in [-0.4, -0.2) is 18.6 Å². The molecule has 1 amide bonds. The Balaban J connectivity index is 1.43. The molecule has 0 radical (unpaired) electrons. The second kappa shape index (κ2) is 7.78. The highest BCUT2D eigenvalue weighted by Gasteiger charge is 2.30. The Hall–Kier alpha value is -2.89. The predicted molar refractivity (Wildman–Crippen MR) is 108 cm³/mol. The monoisotopic (exact) mass is 361 g/mol. The van der Waals surface area contributed by atoms with Crippen molar-refractivity contribution in [2.75, 3.05) is 11.9 Å². The van der Waals surface area contributed by atoms with Crippen LogP contribution in [0.4, 0.5) is 5.69 Å². The maximum absolute atomic E-state index is 12.6. The maximum atomic E-state index is 12.6. The smallest absolute Gasteiger partial charge is 0.242 e. The number of anilines is 1. The van der Waals surface area contributed by atoms with Gasteiger partial charge < -0.3 is 10.1 Å². The first-order valence-electron chi connectivity index (χ1n) is 9.27. The van der Waals surface area contributed by atoms with Crippen molar-refractivity contribution in [1.82, 2.24) is 10.9 Å². The summed E-state index contributed by atoms with van der Waals surface area (Å²) in [6.45, 7) is 2.57. The molecule has 5 nitrogen and oxygen atoms in total. The van der Waals surface area contributed by atoms with Gasteiger partial charge in [0.2, 0.25) is 5.91 Å². The number of carbonyl (C=O) groups is 1. The molecule has 2 atom stereocenters. The quantitative estimate of drug-likeness (QED) is 0.647. The van der Waals surface area contributed by atoms with Crippen LogP contribution in [0.5, 0.6) is 5.75 Å². The highest BCUT2D eigenvalue weighted by Crippen LogP contribution is 2.29. The molecular weight excluding hydrogens is 338 g/mol. The largest absolute Gasteiger partial charge is 0.494 e. The molecule has 3 N–H and O–H groups in total. The zero-order chi connectivity index (χ0) is 18.6. The van der Waals surface area contributed by atoms with E-state index in [-0.39, 0.29) is 18.0 Å². The second-order valence-electron chi connectivity index (χ2n) is 6.64. The zero-order valence-electron chi connectivity index (χ0n) is 15.2. The van der Waals surface area contributed by atoms with Crippen molar-refractivity contribution in [3.05, 3.63) is 72.3 Å². The zero-order valence-corrected chi connectivity index (χ0v) is 15.2. The van der Waals surface area contributed by atoms with Crippen molar-refractivity contribution in [2.45, 2.75) is 25.4 Å². The third kappa shape index (κ3) is 3.79. The third-order valence-electron chi connectivity index (χ3n) is 4.85. The van der Waals surface area contributed by atoms with Gasteiger partial charge in [-0.2, -0.15) is 0 Å². The molecule has 3 aromatic rings. The predicted octanol–water partition coefficient (Wildman–Crippen LogP) is 3.78. The Morgan fingerprint density at radius 2 is 1.81 bits per heavy atom. The number of amides is 1. The van der Waals surface area contributed by atoms with Gasteiger partial charge in [-0.3, -0.25) is 4.79 Å². The molecule has 1 aliphatic heterocycles. The summed E-state index contributed by atoms with van der Waals surface area (Å²) in [7, 11) is 0. The van der Waals surface area contributed by atoms with Gasteiger partial charge in [0.1, 0.15) is 11.8 Å². The lowest BCUT2D eigenvalue weighted by atomic mass is 9.96. The third-order valence-corrected chi connectivity index (χ3v) is 4.85. The SMILES string of the molecule is CCOc1ccc(NC(=O)C2CC(c3cccc4ccccc34)NN2)cc1. The number of carbonyl (C=O) groups excluding carboxylic acids is 1. The molecule has 2 unspecified atom stereocenters. The van der Waals surface area contributed by atoms with Crippen LogP contribution in [0.25, 0.3) is 10.8 Å². The lowest BCUT2D eigenvalue weighted by Crippen LogP contribution is -2.39. The molecule has 3 aromatic carbocycles. The maximum Gasteiger partial charge on any atom is 0.242 e. The number of hydrazine groups is 1. The summed E-state index contributed by atoms with van der Waals surface area (Å²) in [5, 5.41) is 5.39. The van der Waals surface area contributed by atoms with Crippen LogP contribution in [0.1, 0.15) is 24.9 Å². The number of benzene rings is 3. The van der Waals surface area contributed by atoms with E-state index >= 15 is 0 Å². The standard InChI is InChI=1S/C22H23N3O2/c1-2-27-17-12-10-16(11-13-17)23-22(26)21-14-20(24-25-21)19-9-5-7-15-6-3-4-8-18(15)19/h3-13,20-21,24-25H,2,14H2,1H3,(H,23,26). The molecule has 138 valence electrons. The molecule has 27 heavy (non-hydrogen) atoms. The first-order valence-corrected chi connectivity index (χ1v) is 9.27. The summed E-state index contributed by atoms with van der Waals surface area (Å²) in [4.78, 5) is 12.6. The Morgan fingerprint density at radius 1 is 1.04 bits per heavy atom. The van der Waals surface area contributed by atoms with E-state index in [2.05, 4.69) is 46.5 Å². The summed E-state index contributed by atoms with van der Waals surface area (Å²) in [5.74, 6) is 0.751. The molecule has 1 heterocycles. The van der Waals surface area contributed by atoms with Crippen molar-refractivity contribution in [2.24, 2.45) is 0 Å². The van der Waals surface area contributed by atoms with Crippen molar-refractivity contribution >= 4 is 22.4 Å². The number of hydrogen-bond donors (Lipinski definition) is 3. The normalized spacial score (nSPS) is 19.1. The van der Waals surface area contributed by atoms with Crippen LogP contribution in [0.2, 0.25) is 0 Å². The number of rotatable bonds is 5. The van der Waals surface area contributed by atoms with Gasteiger partial charge in [0.25, 0.3) is 0 Å². The van der Waals surface area contributed by atoms with Crippen molar-refractivity contribution in [1.29, 1.82) is 0 Å². The van der Waals surface area contributed by atoms with Crippen LogP contribution in [0.15, 0.2) is 66.7 Å². The minimum atomic E-state index is -0.291. The van der Waals surface area contributed by atoms with Gasteiger partial charge in [-0.1, -0.05) is 42.5 Å². The second-order valence-corrected chi connectivity index (χ2v) is 6.64. The van der Waals surface area contributed by atoms with Gasteiger partial charge >= 0.3 is 0 Å². The summed E-state index contributed by atoms with van der Waals surface area (Å²) < 4.78 is 5.43. The summed E-state index contributed by atoms with van der Waals surface area (Å²) in [6.07, 6.45) is 0.691. The molecule has 1 fully saturated rings. The molecule has 4 rings (SSSR count). The summed E-state index contributed by atoms with van der Waals surface area (Å²) in [6, 6.07) is 21.8. The van der Waals surface area contributed by atoms with E-state index < -0.39 is 0 Å². The van der Waals surface area contributed by atoms with Gasteiger partial charge in [0.05, 0.1) is 6.61 Å². The molecule has 1 saturated heterocycles. The van der Waals surface area contributed by atoms with E-state index in [4.69, 9.17) is 4.74 Å². The number of ether oxygens (including phenoxy) is 1. The van der Waals surface area contributed by atoms with Crippen molar-refractivity contribution in [3.8, 4) is 5.75 Å². The van der Waals surface area contributed by atoms with Gasteiger partial charge in [-0.15, -0.1) is 0 Å². The molecule has 0 bridgehead atoms. The van der Waals surface area contributed by atoms with Crippen LogP contribution in [-0.2, 0) is 4.79 Å². The summed E-state index contributed by atoms with van der Waals surface area (Å²) in [5.41, 5.74) is 8.38. The molecular formula is C22H23N3O2. The topological polar surface area (TPSA) is 62.4 Å². The lowest BCUT2D eigenvalue weighted by Gasteiger charge is -2.13. The summed E-state index contributed by atoms with van der Waals surface area (Å²) >= 11 is 0. The minimum absolute atomic E-state index is 0.0469. The van der Waals surface area contributed by atoms with Crippen LogP contribution >= 0.6 is 0 Å². The Morgan fingerprint density at radius 3 is 2.63 bits per heavy atom. The van der Waals surface area contributed by atoms with Crippen LogP contribution in [0.3, 0.4) is 0 Å². The Bertz CT molecular complexity index is 934. The van der Waals surface area contributed by atoms with Crippen LogP contribution < -0.4 is 20.9 Å². The van der Waals surface area contributed by atoms with Gasteiger partial charge in [-0.05, 0) is 53.9 Å². The minimum Gasteiger partial charge on any atom is -0.494 e. The number of fused-ring (bicyclic) bond motifs is 1. The Kier molecular flexibility index (Phi) is 5.05. The van der Waals surface area contributed by atoms with E-state index in [0.717, 1.165) is 11.4 Å². The first-order chi connectivity index (χ1) is 13.2. The Labute approximate surface area is 158 Å². The lowest BCUT2D eigenvalue weighted by molar-refractivity contribution is -0.117. The van der Waals surface area contributed by atoms with Crippen LogP contribution in [0, 0.1) is 0 Å². The van der Waals surface area contributed by atoms with E-state index in [9.17, 15) is 4.79 Å². The van der Waals surface area contributed by atoms with Crippen molar-refractivity contribution < 1.29 is 9.53 Å². The van der Waals surface area contributed by atoms with E-state index in [0.29, 0.717) is 13.0 Å².